The van der Waals surface area contributed by atoms with Crippen molar-refractivity contribution < 1.29 is 14.3 Å². The molecule has 0 fully saturated rings. The number of anilines is 1. The fraction of sp³-hybridized carbons (Fsp3) is 0.167. The average Bonchev–Trinajstić information content (AvgIpc) is 3.02. The highest BCUT2D eigenvalue weighted by molar-refractivity contribution is 6.03. The van der Waals surface area contributed by atoms with Gasteiger partial charge in [-0.2, -0.15) is 0 Å². The van der Waals surface area contributed by atoms with Crippen molar-refractivity contribution in [2.24, 2.45) is 0 Å². The molecule has 0 saturated heterocycles. The predicted molar refractivity (Wildman–Crippen MR) is 86.1 cm³/mol. The highest BCUT2D eigenvalue weighted by atomic mass is 16.7. The largest absolute Gasteiger partial charge is 0.454 e. The maximum atomic E-state index is 12.4. The third kappa shape index (κ3) is 2.96. The number of hydrogen-bond acceptors (Lipinski definition) is 3. The van der Waals surface area contributed by atoms with E-state index in [9.17, 15) is 4.79 Å². The molecular formula is C18H17NO3. The van der Waals surface area contributed by atoms with Gasteiger partial charge in [0.25, 0.3) is 5.91 Å². The molecule has 2 aromatic rings. The van der Waals surface area contributed by atoms with E-state index in [-0.39, 0.29) is 12.7 Å². The number of rotatable bonds is 4. The highest BCUT2D eigenvalue weighted by Crippen LogP contribution is 2.32. The van der Waals surface area contributed by atoms with Crippen molar-refractivity contribution in [1.82, 2.24) is 0 Å². The van der Waals surface area contributed by atoms with Crippen LogP contribution in [0.2, 0.25) is 0 Å². The first kappa shape index (κ1) is 14.2. The lowest BCUT2D eigenvalue weighted by atomic mass is 10.2. The number of amides is 1. The molecule has 0 aliphatic carbocycles. The molecule has 0 N–H and O–H groups in total. The van der Waals surface area contributed by atoms with Gasteiger partial charge in [0, 0.05) is 18.3 Å². The standard InChI is InChI=1S/C18H17NO3/c1-2-19(15-6-4-3-5-7-15)18(20)11-9-14-8-10-16-17(12-14)22-13-21-16/h3-12H,2,13H2,1H3/b11-9+. The summed E-state index contributed by atoms with van der Waals surface area (Å²) in [6.45, 7) is 2.83. The molecule has 22 heavy (non-hydrogen) atoms. The molecular weight excluding hydrogens is 278 g/mol. The Kier molecular flexibility index (Phi) is 4.10. The zero-order chi connectivity index (χ0) is 15.4. The second-order valence-electron chi connectivity index (χ2n) is 4.86. The molecule has 0 bridgehead atoms. The summed E-state index contributed by atoms with van der Waals surface area (Å²) < 4.78 is 10.6. The monoisotopic (exact) mass is 295 g/mol. The maximum absolute atomic E-state index is 12.4. The quantitative estimate of drug-likeness (QED) is 0.811. The topological polar surface area (TPSA) is 38.8 Å². The normalized spacial score (nSPS) is 12.6. The first-order valence-electron chi connectivity index (χ1n) is 7.22. The average molecular weight is 295 g/mol. The van der Waals surface area contributed by atoms with Crippen LogP contribution in [0.4, 0.5) is 5.69 Å². The lowest BCUT2D eigenvalue weighted by molar-refractivity contribution is -0.114. The Morgan fingerprint density at radius 2 is 1.91 bits per heavy atom. The molecule has 0 radical (unpaired) electrons. The van der Waals surface area contributed by atoms with Crippen LogP contribution in [0.5, 0.6) is 11.5 Å². The van der Waals surface area contributed by atoms with Crippen LogP contribution in [0.15, 0.2) is 54.6 Å². The number of fused-ring (bicyclic) bond motifs is 1. The van der Waals surface area contributed by atoms with Crippen LogP contribution in [-0.2, 0) is 4.79 Å². The lowest BCUT2D eigenvalue weighted by Gasteiger charge is -2.19. The van der Waals surface area contributed by atoms with Gasteiger partial charge in [-0.3, -0.25) is 4.79 Å². The van der Waals surface area contributed by atoms with Crippen LogP contribution in [0.3, 0.4) is 0 Å². The van der Waals surface area contributed by atoms with Crippen molar-refractivity contribution in [1.29, 1.82) is 0 Å². The number of carbonyl (C=O) groups is 1. The number of ether oxygens (including phenoxy) is 2. The molecule has 1 amide bonds. The van der Waals surface area contributed by atoms with Crippen molar-refractivity contribution in [3.63, 3.8) is 0 Å². The maximum Gasteiger partial charge on any atom is 0.250 e. The van der Waals surface area contributed by atoms with Crippen LogP contribution in [-0.4, -0.2) is 19.2 Å². The zero-order valence-electron chi connectivity index (χ0n) is 12.4. The first-order valence-corrected chi connectivity index (χ1v) is 7.22. The molecule has 3 rings (SSSR count). The molecule has 1 aliphatic rings. The van der Waals surface area contributed by atoms with Crippen molar-refractivity contribution in [3.05, 3.63) is 60.2 Å². The molecule has 1 aliphatic heterocycles. The number of carbonyl (C=O) groups excluding carboxylic acids is 1. The van der Waals surface area contributed by atoms with Gasteiger partial charge in [0.05, 0.1) is 0 Å². The summed E-state index contributed by atoms with van der Waals surface area (Å²) >= 11 is 0. The minimum absolute atomic E-state index is 0.0497. The molecule has 4 heteroatoms. The lowest BCUT2D eigenvalue weighted by Crippen LogP contribution is -2.28. The van der Waals surface area contributed by atoms with Crippen molar-refractivity contribution in [3.8, 4) is 11.5 Å². The van der Waals surface area contributed by atoms with Gasteiger partial charge in [-0.05, 0) is 42.8 Å². The summed E-state index contributed by atoms with van der Waals surface area (Å²) in [5.41, 5.74) is 1.80. The Morgan fingerprint density at radius 3 is 2.68 bits per heavy atom. The van der Waals surface area contributed by atoms with E-state index in [0.717, 1.165) is 17.0 Å². The minimum Gasteiger partial charge on any atom is -0.454 e. The summed E-state index contributed by atoms with van der Waals surface area (Å²) in [6.07, 6.45) is 3.37. The number of nitrogens with zero attached hydrogens (tertiary/aromatic N) is 1. The van der Waals surface area contributed by atoms with Crippen molar-refractivity contribution in [2.75, 3.05) is 18.2 Å². The van der Waals surface area contributed by atoms with E-state index >= 15 is 0 Å². The second-order valence-corrected chi connectivity index (χ2v) is 4.86. The molecule has 0 spiro atoms. The van der Waals surface area contributed by atoms with Gasteiger partial charge in [0.2, 0.25) is 6.79 Å². The van der Waals surface area contributed by atoms with Crippen LogP contribution >= 0.6 is 0 Å². The Hall–Kier alpha value is -2.75. The van der Waals surface area contributed by atoms with E-state index < -0.39 is 0 Å². The summed E-state index contributed by atoms with van der Waals surface area (Å²) in [4.78, 5) is 14.1. The van der Waals surface area contributed by atoms with Crippen LogP contribution in [0.25, 0.3) is 6.08 Å². The third-order valence-corrected chi connectivity index (χ3v) is 3.47. The van der Waals surface area contributed by atoms with E-state index in [2.05, 4.69) is 0 Å². The summed E-state index contributed by atoms with van der Waals surface area (Å²) in [7, 11) is 0. The molecule has 0 aromatic heterocycles. The molecule has 0 unspecified atom stereocenters. The molecule has 4 nitrogen and oxygen atoms in total. The molecule has 0 saturated carbocycles. The number of benzene rings is 2. The second kappa shape index (κ2) is 6.35. The van der Waals surface area contributed by atoms with E-state index in [1.807, 2.05) is 55.5 Å². The van der Waals surface area contributed by atoms with Gasteiger partial charge in [0.1, 0.15) is 0 Å². The minimum atomic E-state index is -0.0497. The molecule has 1 heterocycles. The number of likely N-dealkylation sites (N-methyl/N-ethyl adjacent to an activating group) is 1. The fourth-order valence-electron chi connectivity index (χ4n) is 2.35. The smallest absolute Gasteiger partial charge is 0.250 e. The third-order valence-electron chi connectivity index (χ3n) is 3.47. The number of para-hydroxylation sites is 1. The van der Waals surface area contributed by atoms with Gasteiger partial charge in [-0.1, -0.05) is 24.3 Å². The first-order chi connectivity index (χ1) is 10.8. The Labute approximate surface area is 129 Å². The highest BCUT2D eigenvalue weighted by Gasteiger charge is 2.13. The van der Waals surface area contributed by atoms with Crippen LogP contribution < -0.4 is 14.4 Å². The van der Waals surface area contributed by atoms with Crippen LogP contribution in [0, 0.1) is 0 Å². The number of hydrogen-bond donors (Lipinski definition) is 0. The molecule has 112 valence electrons. The van der Waals surface area contributed by atoms with Gasteiger partial charge in [0.15, 0.2) is 11.5 Å². The van der Waals surface area contributed by atoms with E-state index in [1.54, 1.807) is 17.1 Å². The Bertz CT molecular complexity index is 695. The van der Waals surface area contributed by atoms with Crippen molar-refractivity contribution >= 4 is 17.7 Å². The van der Waals surface area contributed by atoms with E-state index in [0.29, 0.717) is 12.3 Å². The predicted octanol–water partition coefficient (Wildman–Crippen LogP) is 3.48. The summed E-state index contributed by atoms with van der Waals surface area (Å²) in [5, 5.41) is 0. The summed E-state index contributed by atoms with van der Waals surface area (Å²) in [5.74, 6) is 1.40. The SMILES string of the molecule is CCN(C(=O)/C=C/c1ccc2c(c1)OCO2)c1ccccc1. The Balaban J connectivity index is 1.75. The van der Waals surface area contributed by atoms with Gasteiger partial charge in [-0.15, -0.1) is 0 Å². The van der Waals surface area contributed by atoms with Gasteiger partial charge in [-0.25, -0.2) is 0 Å². The van der Waals surface area contributed by atoms with Crippen molar-refractivity contribution in [2.45, 2.75) is 6.92 Å². The Morgan fingerprint density at radius 1 is 1.14 bits per heavy atom. The van der Waals surface area contributed by atoms with Crippen LogP contribution in [0.1, 0.15) is 12.5 Å². The van der Waals surface area contributed by atoms with E-state index in [1.165, 1.54) is 0 Å². The zero-order valence-corrected chi connectivity index (χ0v) is 12.4. The fourth-order valence-corrected chi connectivity index (χ4v) is 2.35. The van der Waals surface area contributed by atoms with Gasteiger partial charge < -0.3 is 14.4 Å². The molecule has 0 atom stereocenters. The van der Waals surface area contributed by atoms with E-state index in [4.69, 9.17) is 9.47 Å². The summed E-state index contributed by atoms with van der Waals surface area (Å²) in [6, 6.07) is 15.2. The van der Waals surface area contributed by atoms with Gasteiger partial charge >= 0.3 is 0 Å². The molecule has 2 aromatic carbocycles.